The third-order valence-corrected chi connectivity index (χ3v) is 6.02. The molecule has 0 saturated heterocycles. The number of nitrogens with one attached hydrogen (secondary N) is 1. The molecule has 0 amide bonds. The van der Waals surface area contributed by atoms with E-state index in [1.54, 1.807) is 0 Å². The van der Waals surface area contributed by atoms with Crippen molar-refractivity contribution in [2.75, 3.05) is 11.9 Å². The Labute approximate surface area is 142 Å². The minimum Gasteiger partial charge on any atom is -0.331 e. The Morgan fingerprint density at radius 3 is 2.50 bits per heavy atom. The van der Waals surface area contributed by atoms with Crippen LogP contribution in [0.1, 0.15) is 37.8 Å². The number of hydrogen-bond acceptors (Lipinski definition) is 3. The van der Waals surface area contributed by atoms with Gasteiger partial charge in [0.15, 0.2) is 11.6 Å². The van der Waals surface area contributed by atoms with Gasteiger partial charge in [-0.25, -0.2) is 0 Å². The van der Waals surface area contributed by atoms with Crippen LogP contribution in [0.15, 0.2) is 47.8 Å². The SMILES string of the molecule is CC1C(=O)C2=C(C(C)C1C)N(C)c1n[nH]cc1C2c1ccccc1. The zero-order chi connectivity index (χ0) is 17.0. The largest absolute Gasteiger partial charge is 0.331 e. The molecule has 2 aromatic rings. The summed E-state index contributed by atoms with van der Waals surface area (Å²) in [5, 5.41) is 7.47. The lowest BCUT2D eigenvalue weighted by Crippen LogP contribution is -2.42. The van der Waals surface area contributed by atoms with Gasteiger partial charge in [-0.2, -0.15) is 5.10 Å². The van der Waals surface area contributed by atoms with Gasteiger partial charge in [0, 0.05) is 47.8 Å². The first kappa shape index (κ1) is 15.2. The molecular weight excluding hydrogens is 298 g/mol. The Bertz CT molecular complexity index is 820. The van der Waals surface area contributed by atoms with Crippen molar-refractivity contribution in [3.63, 3.8) is 0 Å². The number of rotatable bonds is 1. The van der Waals surface area contributed by atoms with Crippen LogP contribution < -0.4 is 4.90 Å². The van der Waals surface area contributed by atoms with Gasteiger partial charge in [0.05, 0.1) is 0 Å². The maximum Gasteiger partial charge on any atom is 0.164 e. The molecule has 2 heterocycles. The van der Waals surface area contributed by atoms with Gasteiger partial charge in [-0.1, -0.05) is 51.1 Å². The Morgan fingerprint density at radius 2 is 1.79 bits per heavy atom. The van der Waals surface area contributed by atoms with Crippen molar-refractivity contribution >= 4 is 11.6 Å². The van der Waals surface area contributed by atoms with Gasteiger partial charge < -0.3 is 4.90 Å². The number of ketones is 1. The topological polar surface area (TPSA) is 49.0 Å². The van der Waals surface area contributed by atoms with Crippen LogP contribution in [-0.2, 0) is 4.79 Å². The second-order valence-electron chi connectivity index (χ2n) is 7.17. The van der Waals surface area contributed by atoms with Gasteiger partial charge in [-0.15, -0.1) is 0 Å². The fourth-order valence-electron chi connectivity index (χ4n) is 4.35. The van der Waals surface area contributed by atoms with Crippen molar-refractivity contribution in [3.05, 3.63) is 58.9 Å². The van der Waals surface area contributed by atoms with Crippen LogP contribution in [0.5, 0.6) is 0 Å². The molecule has 1 aliphatic heterocycles. The van der Waals surface area contributed by atoms with Crippen LogP contribution in [0, 0.1) is 17.8 Å². The number of allylic oxidation sites excluding steroid dienone is 2. The highest BCUT2D eigenvalue weighted by Crippen LogP contribution is 2.50. The number of anilines is 1. The summed E-state index contributed by atoms with van der Waals surface area (Å²) < 4.78 is 0. The number of aromatic nitrogens is 2. The van der Waals surface area contributed by atoms with Crippen molar-refractivity contribution in [1.29, 1.82) is 0 Å². The molecule has 4 unspecified atom stereocenters. The van der Waals surface area contributed by atoms with E-state index in [9.17, 15) is 4.79 Å². The van der Waals surface area contributed by atoms with Crippen molar-refractivity contribution in [1.82, 2.24) is 10.2 Å². The number of aromatic amines is 1. The molecule has 0 saturated carbocycles. The second kappa shape index (κ2) is 5.33. The standard InChI is InChI=1S/C20H23N3O/c1-11-12(2)18-17(19(24)13(11)3)16(14-8-6-5-7-9-14)15-10-21-22-20(15)23(18)4/h5-13,16H,1-4H3,(H,21,22). The molecule has 1 aromatic heterocycles. The lowest BCUT2D eigenvalue weighted by atomic mass is 9.66. The highest BCUT2D eigenvalue weighted by molar-refractivity contribution is 6.02. The van der Waals surface area contributed by atoms with E-state index in [-0.39, 0.29) is 17.6 Å². The molecule has 1 N–H and O–H groups in total. The molecule has 0 bridgehead atoms. The lowest BCUT2D eigenvalue weighted by Gasteiger charge is -2.44. The zero-order valence-electron chi connectivity index (χ0n) is 14.6. The van der Waals surface area contributed by atoms with Crippen LogP contribution >= 0.6 is 0 Å². The Balaban J connectivity index is 2.00. The molecule has 4 atom stereocenters. The number of Topliss-reactive ketones (excluding diaryl/α,β-unsaturated/α-hetero) is 1. The Kier molecular flexibility index (Phi) is 3.37. The minimum absolute atomic E-state index is 0.0314. The molecule has 2 aliphatic rings. The Morgan fingerprint density at radius 1 is 1.08 bits per heavy atom. The number of hydrogen-bond donors (Lipinski definition) is 1. The quantitative estimate of drug-likeness (QED) is 0.870. The number of carbonyl (C=O) groups excluding carboxylic acids is 1. The highest BCUT2D eigenvalue weighted by atomic mass is 16.1. The molecule has 1 aliphatic carbocycles. The first-order valence-corrected chi connectivity index (χ1v) is 8.63. The minimum atomic E-state index is -0.0314. The van der Waals surface area contributed by atoms with Crippen molar-refractivity contribution in [2.24, 2.45) is 17.8 Å². The maximum absolute atomic E-state index is 13.3. The number of nitrogens with zero attached hydrogens (tertiary/aromatic N) is 2. The number of benzene rings is 1. The van der Waals surface area contributed by atoms with E-state index in [0.717, 1.165) is 28.2 Å². The summed E-state index contributed by atoms with van der Waals surface area (Å²) in [5.74, 6) is 1.89. The molecule has 4 heteroatoms. The molecule has 124 valence electrons. The monoisotopic (exact) mass is 321 g/mol. The van der Waals surface area contributed by atoms with E-state index >= 15 is 0 Å². The molecule has 1 aromatic carbocycles. The molecule has 0 fully saturated rings. The summed E-state index contributed by atoms with van der Waals surface area (Å²) in [5.41, 5.74) is 4.34. The van der Waals surface area contributed by atoms with E-state index in [4.69, 9.17) is 0 Å². The first-order valence-electron chi connectivity index (χ1n) is 8.63. The van der Waals surface area contributed by atoms with E-state index in [0.29, 0.717) is 11.8 Å². The van der Waals surface area contributed by atoms with Crippen LogP contribution in [-0.4, -0.2) is 23.0 Å². The third-order valence-electron chi connectivity index (χ3n) is 6.02. The second-order valence-corrected chi connectivity index (χ2v) is 7.17. The summed E-state index contributed by atoms with van der Waals surface area (Å²) in [4.78, 5) is 15.4. The maximum atomic E-state index is 13.3. The number of carbonyl (C=O) groups is 1. The highest BCUT2D eigenvalue weighted by Gasteiger charge is 2.46. The average molecular weight is 321 g/mol. The van der Waals surface area contributed by atoms with Crippen LogP contribution in [0.2, 0.25) is 0 Å². The molecule has 4 rings (SSSR count). The fourth-order valence-corrected chi connectivity index (χ4v) is 4.35. The van der Waals surface area contributed by atoms with E-state index in [1.165, 1.54) is 0 Å². The van der Waals surface area contributed by atoms with E-state index in [2.05, 4.69) is 48.0 Å². The molecule has 4 nitrogen and oxygen atoms in total. The number of fused-ring (bicyclic) bond motifs is 1. The van der Waals surface area contributed by atoms with Gasteiger partial charge in [-0.05, 0) is 11.5 Å². The Hall–Kier alpha value is -2.36. The average Bonchev–Trinajstić information content (AvgIpc) is 3.08. The van der Waals surface area contributed by atoms with Gasteiger partial charge in [0.2, 0.25) is 0 Å². The predicted octanol–water partition coefficient (Wildman–Crippen LogP) is 3.74. The van der Waals surface area contributed by atoms with Gasteiger partial charge >= 0.3 is 0 Å². The summed E-state index contributed by atoms with van der Waals surface area (Å²) in [6.07, 6.45) is 1.94. The van der Waals surface area contributed by atoms with Crippen molar-refractivity contribution < 1.29 is 4.79 Å². The first-order chi connectivity index (χ1) is 11.5. The molecule has 0 radical (unpaired) electrons. The predicted molar refractivity (Wildman–Crippen MR) is 94.8 cm³/mol. The fraction of sp³-hybridized carbons (Fsp3) is 0.400. The molecule has 0 spiro atoms. The van der Waals surface area contributed by atoms with E-state index in [1.807, 2.05) is 31.4 Å². The van der Waals surface area contributed by atoms with Crippen LogP contribution in [0.25, 0.3) is 0 Å². The lowest BCUT2D eigenvalue weighted by molar-refractivity contribution is -0.121. The molecule has 24 heavy (non-hydrogen) atoms. The van der Waals surface area contributed by atoms with Gasteiger partial charge in [0.1, 0.15) is 0 Å². The van der Waals surface area contributed by atoms with Crippen molar-refractivity contribution in [3.8, 4) is 0 Å². The van der Waals surface area contributed by atoms with Crippen LogP contribution in [0.3, 0.4) is 0 Å². The summed E-state index contributed by atoms with van der Waals surface area (Å²) >= 11 is 0. The smallest absolute Gasteiger partial charge is 0.164 e. The van der Waals surface area contributed by atoms with Crippen molar-refractivity contribution in [2.45, 2.75) is 26.7 Å². The van der Waals surface area contributed by atoms with Gasteiger partial charge in [0.25, 0.3) is 0 Å². The normalized spacial score (nSPS) is 29.5. The third kappa shape index (κ3) is 1.92. The van der Waals surface area contributed by atoms with Gasteiger partial charge in [-0.3, -0.25) is 9.89 Å². The molecular formula is C20H23N3O. The zero-order valence-corrected chi connectivity index (χ0v) is 14.6. The van der Waals surface area contributed by atoms with E-state index < -0.39 is 0 Å². The summed E-state index contributed by atoms with van der Waals surface area (Å²) in [6, 6.07) is 10.3. The number of H-pyrrole nitrogens is 1. The van der Waals surface area contributed by atoms with Crippen LogP contribution in [0.4, 0.5) is 5.82 Å². The summed E-state index contributed by atoms with van der Waals surface area (Å²) in [6.45, 7) is 6.49. The summed E-state index contributed by atoms with van der Waals surface area (Å²) in [7, 11) is 2.03.